The number of benzene rings is 5. The van der Waals surface area contributed by atoms with E-state index in [1.165, 1.54) is 0 Å². The number of aryl methyl sites for hydroxylation is 5. The third-order valence-corrected chi connectivity index (χ3v) is 15.8. The Morgan fingerprint density at radius 1 is 0.548 bits per heavy atom. The highest BCUT2D eigenvalue weighted by Gasteiger charge is 2.52. The van der Waals surface area contributed by atoms with Crippen LogP contribution in [0.3, 0.4) is 0 Å². The number of ether oxygens (including phenoxy) is 2. The molecule has 0 radical (unpaired) electrons. The monoisotopic (exact) mass is 1190 g/mol. The van der Waals surface area contributed by atoms with E-state index in [1.807, 2.05) is 211 Å². The summed E-state index contributed by atoms with van der Waals surface area (Å²) in [6.07, 6.45) is 0.657. The van der Waals surface area contributed by atoms with Crippen molar-refractivity contribution in [2.24, 2.45) is 21.1 Å². The number of aromatic nitrogens is 5. The Balaban J connectivity index is 0.000000138. The number of pyridine rings is 5. The van der Waals surface area contributed by atoms with Gasteiger partial charge in [-0.25, -0.2) is 9.97 Å². The molecule has 0 bridgehead atoms. The average Bonchev–Trinajstić information content (AvgIpc) is 2.43. The van der Waals surface area contributed by atoms with Gasteiger partial charge in [-0.3, -0.25) is 29.3 Å². The molecule has 5 aromatic carbocycles. The normalized spacial score (nSPS) is 15.0. The van der Waals surface area contributed by atoms with Gasteiger partial charge in [0.25, 0.3) is 16.7 Å². The van der Waals surface area contributed by atoms with Gasteiger partial charge in [0.1, 0.15) is 13.2 Å². The predicted octanol–water partition coefficient (Wildman–Crippen LogP) is 11.1. The van der Waals surface area contributed by atoms with Gasteiger partial charge in [0, 0.05) is 55.5 Å². The second-order valence-corrected chi connectivity index (χ2v) is 22.6. The topological polar surface area (TPSA) is 175 Å². The lowest BCUT2D eigenvalue weighted by molar-refractivity contribution is -0.134. The van der Waals surface area contributed by atoms with Gasteiger partial charge in [-0.2, -0.15) is 0 Å². The second kappa shape index (κ2) is 25.8. The van der Waals surface area contributed by atoms with Gasteiger partial charge in [0.15, 0.2) is 0 Å². The molecule has 10 aromatic rings. The van der Waals surface area contributed by atoms with Crippen LogP contribution in [-0.2, 0) is 53.3 Å². The van der Waals surface area contributed by atoms with Crippen molar-refractivity contribution in [3.05, 3.63) is 240 Å². The Kier molecular flexibility index (Phi) is 18.4. The molecule has 15 nitrogen and oxygen atoms in total. The van der Waals surface area contributed by atoms with Gasteiger partial charge in [-0.15, -0.1) is 0 Å². The molecule has 12 rings (SSSR count). The van der Waals surface area contributed by atoms with E-state index in [2.05, 4.69) is 31.2 Å². The zero-order valence-corrected chi connectivity index (χ0v) is 50.1. The maximum absolute atomic E-state index is 13.0. The first-order valence-electron chi connectivity index (χ1n) is 27.6. The lowest BCUT2D eigenvalue weighted by Gasteiger charge is -2.32. The van der Waals surface area contributed by atoms with Crippen LogP contribution in [0.25, 0.3) is 43.8 Å². The summed E-state index contributed by atoms with van der Waals surface area (Å²) >= 11 is 3.23. The molecule has 2 amide bonds. The van der Waals surface area contributed by atoms with Gasteiger partial charge in [-0.05, 0) is 146 Å². The number of nitrogens with zero attached hydrogens (tertiary/aromatic N) is 5. The van der Waals surface area contributed by atoms with Crippen molar-refractivity contribution in [3.8, 4) is 22.9 Å². The summed E-state index contributed by atoms with van der Waals surface area (Å²) in [6, 6.07) is 56.4. The maximum Gasteiger partial charge on any atom is 0.500 e. The Bertz CT molecular complexity index is 4230. The fourth-order valence-corrected chi connectivity index (χ4v) is 10.3. The van der Waals surface area contributed by atoms with E-state index in [4.69, 9.17) is 18.8 Å². The highest BCUT2D eigenvalue weighted by molar-refractivity contribution is 9.10. The van der Waals surface area contributed by atoms with E-state index >= 15 is 0 Å². The van der Waals surface area contributed by atoms with E-state index in [0.717, 1.165) is 60.7 Å². The van der Waals surface area contributed by atoms with Crippen molar-refractivity contribution in [1.82, 2.24) is 29.0 Å². The first-order valence-corrected chi connectivity index (χ1v) is 28.4. The number of carbonyl (C=O) groups is 2. The maximum atomic E-state index is 13.0. The molecule has 0 saturated carbocycles. The van der Waals surface area contributed by atoms with Crippen LogP contribution >= 0.6 is 15.9 Å². The SMILES string of the molecule is Cc1ccc(-c2cc3ccccc3n(C)c2=O)c(OCc2ccccc2)n1.Cc1ccc(B2OC(C)(C)C(C)(C)O2)c(OCc2ccccc2)n1.Cn1c(=O)c(Br)cc2ccccc21.Cn1c(=O)c(C2CCC(=O)NC2=O)cc2ccccc21. The highest BCUT2D eigenvalue weighted by atomic mass is 79.9. The van der Waals surface area contributed by atoms with Crippen molar-refractivity contribution in [2.75, 3.05) is 0 Å². The summed E-state index contributed by atoms with van der Waals surface area (Å²) in [5.41, 5.74) is 8.14. The number of halogens is 1. The Hall–Kier alpha value is -8.77. The van der Waals surface area contributed by atoms with Crippen molar-refractivity contribution in [1.29, 1.82) is 0 Å². The van der Waals surface area contributed by atoms with Crippen LogP contribution < -0.4 is 36.9 Å². The first kappa shape index (κ1) is 59.8. The van der Waals surface area contributed by atoms with E-state index in [0.29, 0.717) is 52.6 Å². The number of imide groups is 1. The van der Waals surface area contributed by atoms with Crippen molar-refractivity contribution in [3.63, 3.8) is 0 Å². The molecule has 0 aliphatic carbocycles. The number of piperidine rings is 1. The zero-order valence-electron chi connectivity index (χ0n) is 48.5. The molecule has 0 spiro atoms. The summed E-state index contributed by atoms with van der Waals surface area (Å²) in [7, 11) is 4.78. The van der Waals surface area contributed by atoms with Crippen LogP contribution in [0.5, 0.6) is 11.8 Å². The minimum Gasteiger partial charge on any atom is -0.473 e. The molecule has 2 saturated heterocycles. The molecule has 1 N–H and O–H groups in total. The van der Waals surface area contributed by atoms with E-state index in [9.17, 15) is 24.0 Å². The van der Waals surface area contributed by atoms with Crippen molar-refractivity contribution in [2.45, 2.75) is 84.7 Å². The molecule has 17 heteroatoms. The lowest BCUT2D eigenvalue weighted by atomic mass is 9.79. The second-order valence-electron chi connectivity index (χ2n) is 21.7. The van der Waals surface area contributed by atoms with Crippen molar-refractivity contribution >= 4 is 73.0 Å². The standard InChI is InChI=1S/C23H20N2O2.C19H24BNO3.C15H14N2O3.C10H8BrNO/c1-16-12-13-19(22(24-16)27-15-17-8-4-3-5-9-17)20-14-18-10-6-7-11-21(18)25(2)23(20)26;1-14-11-12-16(20-23-18(2,3)19(4,5)24-20)17(21-14)22-13-15-9-7-6-8-10-15;1-17-12-5-3-2-4-9(12)8-11(15(17)20)10-6-7-13(18)16-14(10)19;1-12-9-5-3-2-4-7(9)6-8(11)10(12)13/h3-14H,15H2,1-2H3;6-12H,13H2,1-5H3;2-5,8,10H,6-7H2,1H3,(H,16,18,19);2-6H,1H3. The fourth-order valence-electron chi connectivity index (χ4n) is 9.79. The molecule has 5 aromatic heterocycles. The van der Waals surface area contributed by atoms with Gasteiger partial charge in [0.05, 0.1) is 43.7 Å². The third-order valence-electron chi connectivity index (χ3n) is 15.3. The molecular formula is C67H66BBrN6O9. The molecular weight excluding hydrogens is 1120 g/mol. The quantitative estimate of drug-likeness (QED) is 0.108. The first-order chi connectivity index (χ1) is 40.2. The number of amides is 2. The number of hydrogen-bond donors (Lipinski definition) is 1. The van der Waals surface area contributed by atoms with Crippen LogP contribution in [0, 0.1) is 13.8 Å². The molecule has 1 atom stereocenters. The third kappa shape index (κ3) is 13.5. The summed E-state index contributed by atoms with van der Waals surface area (Å²) < 4.78 is 29.7. The molecule has 2 aliphatic heterocycles. The summed E-state index contributed by atoms with van der Waals surface area (Å²) in [6.45, 7) is 12.9. The molecule has 1 unspecified atom stereocenters. The minimum atomic E-state index is -0.545. The number of para-hydroxylation sites is 3. The zero-order chi connectivity index (χ0) is 59.9. The molecule has 84 heavy (non-hydrogen) atoms. The summed E-state index contributed by atoms with van der Waals surface area (Å²) in [5.74, 6) is -0.155. The van der Waals surface area contributed by atoms with Crippen LogP contribution in [0.15, 0.2) is 195 Å². The number of hydrogen-bond acceptors (Lipinski definition) is 11. The smallest absolute Gasteiger partial charge is 0.473 e. The number of fused-ring (bicyclic) bond motifs is 3. The Labute approximate surface area is 496 Å². The lowest BCUT2D eigenvalue weighted by Crippen LogP contribution is -2.41. The summed E-state index contributed by atoms with van der Waals surface area (Å²) in [5, 5.41) is 5.28. The number of rotatable bonds is 9. The van der Waals surface area contributed by atoms with Crippen LogP contribution in [0.2, 0.25) is 0 Å². The van der Waals surface area contributed by atoms with E-state index in [1.54, 1.807) is 40.9 Å². The van der Waals surface area contributed by atoms with Gasteiger partial charge < -0.3 is 32.5 Å². The van der Waals surface area contributed by atoms with Gasteiger partial charge in [0.2, 0.25) is 23.6 Å². The van der Waals surface area contributed by atoms with E-state index in [-0.39, 0.29) is 46.1 Å². The largest absolute Gasteiger partial charge is 0.500 e. The van der Waals surface area contributed by atoms with Crippen LogP contribution in [0.1, 0.15) is 74.5 Å². The number of carbonyl (C=O) groups excluding carboxylic acids is 2. The molecule has 2 fully saturated rings. The fraction of sp³-hybridized carbons (Fsp3) is 0.239. The van der Waals surface area contributed by atoms with Crippen LogP contribution in [0.4, 0.5) is 0 Å². The van der Waals surface area contributed by atoms with Crippen molar-refractivity contribution < 1.29 is 28.4 Å². The van der Waals surface area contributed by atoms with Gasteiger partial charge >= 0.3 is 7.12 Å². The number of nitrogens with one attached hydrogen (secondary N) is 1. The van der Waals surface area contributed by atoms with Crippen LogP contribution in [-0.4, -0.2) is 53.8 Å². The highest BCUT2D eigenvalue weighted by Crippen LogP contribution is 2.37. The Morgan fingerprint density at radius 3 is 1.55 bits per heavy atom. The Morgan fingerprint density at radius 2 is 1.00 bits per heavy atom. The molecule has 7 heterocycles. The van der Waals surface area contributed by atoms with Gasteiger partial charge in [-0.1, -0.05) is 121 Å². The average molecular weight is 1190 g/mol. The minimum absolute atomic E-state index is 0.00120. The molecule has 2 aliphatic rings. The summed E-state index contributed by atoms with van der Waals surface area (Å²) in [4.78, 5) is 69.1. The van der Waals surface area contributed by atoms with E-state index < -0.39 is 13.0 Å². The predicted molar refractivity (Wildman–Crippen MR) is 335 cm³/mol. The molecule has 428 valence electrons.